The Morgan fingerprint density at radius 3 is 2.75 bits per heavy atom. The first-order chi connectivity index (χ1) is 9.69. The predicted molar refractivity (Wildman–Crippen MR) is 74.6 cm³/mol. The van der Waals surface area contributed by atoms with Crippen molar-refractivity contribution < 1.29 is 19.1 Å². The molecule has 1 atom stereocenters. The minimum atomic E-state index is -0.373. The van der Waals surface area contributed by atoms with Gasteiger partial charge in [0, 0.05) is 25.1 Å². The van der Waals surface area contributed by atoms with Crippen molar-refractivity contribution in [2.45, 2.75) is 18.9 Å². The lowest BCUT2D eigenvalue weighted by molar-refractivity contribution is -0.124. The van der Waals surface area contributed by atoms with Crippen molar-refractivity contribution >= 4 is 23.2 Å². The summed E-state index contributed by atoms with van der Waals surface area (Å²) in [5.74, 6) is -0.391. The molecule has 6 nitrogen and oxygen atoms in total. The molecule has 0 saturated carbocycles. The molecule has 0 aliphatic carbocycles. The Labute approximate surface area is 117 Å². The Morgan fingerprint density at radius 2 is 2.10 bits per heavy atom. The van der Waals surface area contributed by atoms with Crippen LogP contribution in [0.25, 0.3) is 0 Å². The summed E-state index contributed by atoms with van der Waals surface area (Å²) in [5, 5.41) is 5.46. The van der Waals surface area contributed by atoms with Gasteiger partial charge >= 0.3 is 0 Å². The lowest BCUT2D eigenvalue weighted by Crippen LogP contribution is -2.26. The van der Waals surface area contributed by atoms with Crippen LogP contribution in [0.3, 0.4) is 0 Å². The van der Waals surface area contributed by atoms with Gasteiger partial charge in [-0.2, -0.15) is 0 Å². The molecule has 0 spiro atoms. The number of hydrogen-bond donors (Lipinski definition) is 2. The zero-order chi connectivity index (χ0) is 14.4. The number of ether oxygens (including phenoxy) is 2. The maximum absolute atomic E-state index is 11.9. The van der Waals surface area contributed by atoms with Crippen molar-refractivity contribution in [1.82, 2.24) is 0 Å². The maximum Gasteiger partial charge on any atom is 0.253 e. The quantitative estimate of drug-likeness (QED) is 0.853. The van der Waals surface area contributed by atoms with Gasteiger partial charge in [-0.15, -0.1) is 0 Å². The van der Waals surface area contributed by atoms with Crippen LogP contribution in [0.2, 0.25) is 0 Å². The number of amides is 2. The van der Waals surface area contributed by atoms with Crippen LogP contribution in [-0.2, 0) is 19.1 Å². The van der Waals surface area contributed by atoms with E-state index in [1.165, 1.54) is 7.11 Å². The molecule has 20 heavy (non-hydrogen) atoms. The summed E-state index contributed by atoms with van der Waals surface area (Å²) in [5.41, 5.74) is 1.23. The smallest absolute Gasteiger partial charge is 0.253 e. The fourth-order valence-corrected chi connectivity index (χ4v) is 2.01. The summed E-state index contributed by atoms with van der Waals surface area (Å²) in [7, 11) is 1.46. The lowest BCUT2D eigenvalue weighted by atomic mass is 10.2. The Hall–Kier alpha value is -1.92. The topological polar surface area (TPSA) is 76.7 Å². The molecule has 2 rings (SSSR count). The van der Waals surface area contributed by atoms with Gasteiger partial charge in [0.05, 0.1) is 0 Å². The summed E-state index contributed by atoms with van der Waals surface area (Å²) in [6.07, 6.45) is 1.28. The monoisotopic (exact) mass is 278 g/mol. The van der Waals surface area contributed by atoms with E-state index >= 15 is 0 Å². The minimum Gasteiger partial charge on any atom is -0.375 e. The van der Waals surface area contributed by atoms with Crippen molar-refractivity contribution in [3.05, 3.63) is 24.3 Å². The molecule has 2 N–H and O–H groups in total. The van der Waals surface area contributed by atoms with Crippen molar-refractivity contribution in [2.24, 2.45) is 0 Å². The number of rotatable bonds is 5. The summed E-state index contributed by atoms with van der Waals surface area (Å²) in [6, 6.07) is 6.96. The van der Waals surface area contributed by atoms with Gasteiger partial charge in [-0.1, -0.05) is 6.07 Å². The Balaban J connectivity index is 1.95. The molecule has 1 heterocycles. The van der Waals surface area contributed by atoms with Crippen LogP contribution < -0.4 is 10.6 Å². The molecule has 6 heteroatoms. The van der Waals surface area contributed by atoms with Crippen LogP contribution in [0.15, 0.2) is 24.3 Å². The molecule has 1 unspecified atom stereocenters. The third-order valence-electron chi connectivity index (χ3n) is 2.91. The van der Waals surface area contributed by atoms with E-state index in [-0.39, 0.29) is 24.5 Å². The van der Waals surface area contributed by atoms with Gasteiger partial charge in [0.2, 0.25) is 5.91 Å². The molecular weight excluding hydrogens is 260 g/mol. The molecular formula is C14H18N2O4. The molecule has 1 aliphatic rings. The van der Waals surface area contributed by atoms with E-state index in [2.05, 4.69) is 10.6 Å². The Bertz CT molecular complexity index is 484. The maximum atomic E-state index is 11.9. The van der Waals surface area contributed by atoms with Gasteiger partial charge in [-0.05, 0) is 31.0 Å². The van der Waals surface area contributed by atoms with E-state index in [0.29, 0.717) is 18.0 Å². The molecule has 1 aromatic rings. The van der Waals surface area contributed by atoms with E-state index in [1.54, 1.807) is 24.3 Å². The van der Waals surface area contributed by atoms with Crippen molar-refractivity contribution in [3.63, 3.8) is 0 Å². The number of methoxy groups -OCH3 is 1. The molecule has 0 radical (unpaired) electrons. The normalized spacial score (nSPS) is 17.8. The molecule has 108 valence electrons. The zero-order valence-electron chi connectivity index (χ0n) is 11.3. The second-order valence-electron chi connectivity index (χ2n) is 4.55. The predicted octanol–water partition coefficient (Wildman–Crippen LogP) is 1.39. The second kappa shape index (κ2) is 7.02. The van der Waals surface area contributed by atoms with Crippen LogP contribution in [0.1, 0.15) is 12.8 Å². The SMILES string of the molecule is COCC(=O)Nc1cccc(NC(=O)C2CCCO2)c1. The van der Waals surface area contributed by atoms with Crippen molar-refractivity contribution in [1.29, 1.82) is 0 Å². The third-order valence-corrected chi connectivity index (χ3v) is 2.91. The highest BCUT2D eigenvalue weighted by atomic mass is 16.5. The molecule has 1 fully saturated rings. The third kappa shape index (κ3) is 4.04. The molecule has 1 aromatic carbocycles. The summed E-state index contributed by atoms with van der Waals surface area (Å²) in [4.78, 5) is 23.3. The van der Waals surface area contributed by atoms with Gasteiger partial charge in [0.1, 0.15) is 12.7 Å². The first kappa shape index (κ1) is 14.5. The van der Waals surface area contributed by atoms with E-state index in [0.717, 1.165) is 12.8 Å². The van der Waals surface area contributed by atoms with Crippen LogP contribution in [0, 0.1) is 0 Å². The molecule has 0 bridgehead atoms. The number of benzene rings is 1. The number of carbonyl (C=O) groups is 2. The van der Waals surface area contributed by atoms with Gasteiger partial charge < -0.3 is 20.1 Å². The fraction of sp³-hybridized carbons (Fsp3) is 0.429. The second-order valence-corrected chi connectivity index (χ2v) is 4.55. The van der Waals surface area contributed by atoms with E-state index < -0.39 is 0 Å². The van der Waals surface area contributed by atoms with Gasteiger partial charge in [-0.3, -0.25) is 9.59 Å². The first-order valence-electron chi connectivity index (χ1n) is 6.50. The van der Waals surface area contributed by atoms with Gasteiger partial charge in [-0.25, -0.2) is 0 Å². The number of anilines is 2. The number of nitrogens with one attached hydrogen (secondary N) is 2. The minimum absolute atomic E-state index is 0.00744. The van der Waals surface area contributed by atoms with E-state index in [4.69, 9.17) is 9.47 Å². The highest BCUT2D eigenvalue weighted by molar-refractivity contribution is 5.96. The molecule has 1 saturated heterocycles. The fourth-order valence-electron chi connectivity index (χ4n) is 2.01. The van der Waals surface area contributed by atoms with E-state index in [9.17, 15) is 9.59 Å². The Kier molecular flexibility index (Phi) is 5.09. The van der Waals surface area contributed by atoms with Crippen molar-refractivity contribution in [2.75, 3.05) is 31.0 Å². The van der Waals surface area contributed by atoms with Crippen LogP contribution in [0.5, 0.6) is 0 Å². The lowest BCUT2D eigenvalue weighted by Gasteiger charge is -2.11. The summed E-state index contributed by atoms with van der Waals surface area (Å²) in [6.45, 7) is 0.623. The zero-order valence-corrected chi connectivity index (χ0v) is 11.3. The van der Waals surface area contributed by atoms with Gasteiger partial charge in [0.25, 0.3) is 5.91 Å². The molecule has 2 amide bonds. The highest BCUT2D eigenvalue weighted by Gasteiger charge is 2.23. The van der Waals surface area contributed by atoms with Crippen LogP contribution >= 0.6 is 0 Å². The molecule has 0 aromatic heterocycles. The first-order valence-corrected chi connectivity index (χ1v) is 6.50. The number of hydrogen-bond acceptors (Lipinski definition) is 4. The summed E-state index contributed by atoms with van der Waals surface area (Å²) < 4.78 is 10.1. The summed E-state index contributed by atoms with van der Waals surface area (Å²) >= 11 is 0. The molecule has 1 aliphatic heterocycles. The van der Waals surface area contributed by atoms with Crippen LogP contribution in [-0.4, -0.2) is 38.2 Å². The standard InChI is InChI=1S/C14H18N2O4/c1-19-9-13(17)15-10-4-2-5-11(8-10)16-14(18)12-6-3-7-20-12/h2,4-5,8,12H,3,6-7,9H2,1H3,(H,15,17)(H,16,18). The number of carbonyl (C=O) groups excluding carboxylic acids is 2. The Morgan fingerprint density at radius 1 is 1.35 bits per heavy atom. The average Bonchev–Trinajstić information content (AvgIpc) is 2.93. The largest absolute Gasteiger partial charge is 0.375 e. The van der Waals surface area contributed by atoms with Crippen molar-refractivity contribution in [3.8, 4) is 0 Å². The highest BCUT2D eigenvalue weighted by Crippen LogP contribution is 2.18. The average molecular weight is 278 g/mol. The van der Waals surface area contributed by atoms with Gasteiger partial charge in [0.15, 0.2) is 0 Å². The van der Waals surface area contributed by atoms with Crippen LogP contribution in [0.4, 0.5) is 11.4 Å². The van der Waals surface area contributed by atoms with E-state index in [1.807, 2.05) is 0 Å².